The molecule has 2 amide bonds. The van der Waals surface area contributed by atoms with E-state index in [-0.39, 0.29) is 24.4 Å². The first-order chi connectivity index (χ1) is 16.1. The summed E-state index contributed by atoms with van der Waals surface area (Å²) >= 11 is 1.72. The van der Waals surface area contributed by atoms with Gasteiger partial charge in [0.05, 0.1) is 6.04 Å². The molecule has 0 fully saturated rings. The Kier molecular flexibility index (Phi) is 7.25. The van der Waals surface area contributed by atoms with E-state index in [4.69, 9.17) is 4.74 Å². The number of carbonyl (C=O) groups is 2. The smallest absolute Gasteiger partial charge is 0.254 e. The van der Waals surface area contributed by atoms with E-state index in [1.165, 1.54) is 4.88 Å². The van der Waals surface area contributed by atoms with E-state index in [9.17, 15) is 9.59 Å². The summed E-state index contributed by atoms with van der Waals surface area (Å²) in [5.41, 5.74) is 2.76. The van der Waals surface area contributed by atoms with Gasteiger partial charge in [-0.15, -0.1) is 17.9 Å². The Hall–Kier alpha value is -3.38. The lowest BCUT2D eigenvalue weighted by molar-refractivity contribution is -0.135. The van der Waals surface area contributed by atoms with Crippen molar-refractivity contribution in [3.63, 3.8) is 0 Å². The normalized spacial score (nSPS) is 14.9. The molecule has 2 heterocycles. The van der Waals surface area contributed by atoms with Crippen molar-refractivity contribution in [2.75, 3.05) is 26.2 Å². The third-order valence-corrected chi connectivity index (χ3v) is 6.89. The maximum atomic E-state index is 13.5. The second-order valence-corrected chi connectivity index (χ2v) is 9.07. The molecule has 6 heteroatoms. The molecule has 0 spiro atoms. The fourth-order valence-electron chi connectivity index (χ4n) is 4.15. The third-order valence-electron chi connectivity index (χ3n) is 5.89. The number of aryl methyl sites for hydroxylation is 1. The highest BCUT2D eigenvalue weighted by atomic mass is 32.1. The number of benzene rings is 2. The van der Waals surface area contributed by atoms with Gasteiger partial charge in [0.15, 0.2) is 0 Å². The summed E-state index contributed by atoms with van der Waals surface area (Å²) in [7, 11) is 0. The molecule has 0 bridgehead atoms. The molecule has 1 aromatic heterocycles. The van der Waals surface area contributed by atoms with E-state index in [1.807, 2.05) is 54.3 Å². The molecule has 1 aliphatic heterocycles. The largest absolute Gasteiger partial charge is 0.491 e. The molecule has 4 rings (SSSR count). The first-order valence-electron chi connectivity index (χ1n) is 11.1. The number of carbonyl (C=O) groups excluding carboxylic acids is 2. The summed E-state index contributed by atoms with van der Waals surface area (Å²) in [6, 6.07) is 18.8. The Balaban J connectivity index is 1.53. The maximum Gasteiger partial charge on any atom is 0.254 e. The molecule has 2 aromatic carbocycles. The molecular weight excluding hydrogens is 432 g/mol. The van der Waals surface area contributed by atoms with Gasteiger partial charge in [0, 0.05) is 23.5 Å². The van der Waals surface area contributed by atoms with Crippen LogP contribution in [0.25, 0.3) is 0 Å². The molecule has 33 heavy (non-hydrogen) atoms. The van der Waals surface area contributed by atoms with Crippen molar-refractivity contribution >= 4 is 23.2 Å². The highest BCUT2D eigenvalue weighted by Gasteiger charge is 2.33. The predicted molar refractivity (Wildman–Crippen MR) is 132 cm³/mol. The fourth-order valence-corrected chi connectivity index (χ4v) is 5.08. The molecule has 0 saturated heterocycles. The topological polar surface area (TPSA) is 49.9 Å². The van der Waals surface area contributed by atoms with Gasteiger partial charge in [-0.2, -0.15) is 0 Å². The minimum Gasteiger partial charge on any atom is -0.491 e. The molecule has 1 atom stereocenters. The van der Waals surface area contributed by atoms with Crippen LogP contribution in [0.4, 0.5) is 0 Å². The number of nitrogens with zero attached hydrogens (tertiary/aromatic N) is 2. The van der Waals surface area contributed by atoms with Gasteiger partial charge in [-0.25, -0.2) is 0 Å². The highest BCUT2D eigenvalue weighted by molar-refractivity contribution is 7.10. The van der Waals surface area contributed by atoms with Gasteiger partial charge >= 0.3 is 0 Å². The van der Waals surface area contributed by atoms with Crippen molar-refractivity contribution < 1.29 is 14.3 Å². The van der Waals surface area contributed by atoms with Gasteiger partial charge < -0.3 is 14.5 Å². The summed E-state index contributed by atoms with van der Waals surface area (Å²) < 4.78 is 6.17. The van der Waals surface area contributed by atoms with Crippen molar-refractivity contribution in [2.24, 2.45) is 0 Å². The second-order valence-electron chi connectivity index (χ2n) is 8.07. The van der Waals surface area contributed by atoms with Gasteiger partial charge in [0.1, 0.15) is 18.9 Å². The molecule has 1 unspecified atom stereocenters. The Morgan fingerprint density at radius 1 is 1.15 bits per heavy atom. The lowest BCUT2D eigenvalue weighted by atomic mass is 10.00. The molecule has 170 valence electrons. The monoisotopic (exact) mass is 460 g/mol. The number of fused-ring (bicyclic) bond motifs is 1. The van der Waals surface area contributed by atoms with Crippen LogP contribution in [0.1, 0.15) is 32.4 Å². The number of ether oxygens (including phenoxy) is 1. The quantitative estimate of drug-likeness (QED) is 0.450. The molecule has 0 aliphatic carbocycles. The minimum absolute atomic E-state index is 0.0000822. The number of rotatable bonds is 8. The van der Waals surface area contributed by atoms with Crippen molar-refractivity contribution in [3.8, 4) is 5.75 Å². The van der Waals surface area contributed by atoms with E-state index >= 15 is 0 Å². The van der Waals surface area contributed by atoms with Crippen molar-refractivity contribution in [1.82, 2.24) is 9.80 Å². The second kappa shape index (κ2) is 10.5. The van der Waals surface area contributed by atoms with Crippen molar-refractivity contribution in [1.29, 1.82) is 0 Å². The molecular formula is C27H28N2O3S. The molecule has 0 radical (unpaired) electrons. The van der Waals surface area contributed by atoms with Crippen LogP contribution in [0.15, 0.2) is 78.7 Å². The minimum atomic E-state index is -0.190. The van der Waals surface area contributed by atoms with E-state index in [2.05, 4.69) is 18.0 Å². The van der Waals surface area contributed by atoms with Crippen LogP contribution in [0.5, 0.6) is 5.75 Å². The van der Waals surface area contributed by atoms with Crippen LogP contribution < -0.4 is 4.74 Å². The average molecular weight is 461 g/mol. The van der Waals surface area contributed by atoms with Gasteiger partial charge in [-0.05, 0) is 54.1 Å². The Morgan fingerprint density at radius 2 is 1.91 bits per heavy atom. The Morgan fingerprint density at radius 3 is 2.67 bits per heavy atom. The maximum absolute atomic E-state index is 13.5. The zero-order chi connectivity index (χ0) is 23.2. The zero-order valence-electron chi connectivity index (χ0n) is 18.8. The van der Waals surface area contributed by atoms with Crippen LogP contribution >= 0.6 is 11.3 Å². The zero-order valence-corrected chi connectivity index (χ0v) is 19.6. The van der Waals surface area contributed by atoms with E-state index in [0.717, 1.165) is 23.3 Å². The van der Waals surface area contributed by atoms with Crippen LogP contribution in [-0.2, 0) is 11.2 Å². The number of hydrogen-bond donors (Lipinski definition) is 0. The molecule has 1 aliphatic rings. The summed E-state index contributed by atoms with van der Waals surface area (Å²) in [5, 5.41) is 2.07. The molecule has 0 N–H and O–H groups in total. The first-order valence-corrected chi connectivity index (χ1v) is 12.0. The van der Waals surface area contributed by atoms with Crippen molar-refractivity contribution in [3.05, 3.63) is 100 Å². The van der Waals surface area contributed by atoms with E-state index in [1.54, 1.807) is 34.4 Å². The van der Waals surface area contributed by atoms with Gasteiger partial charge in [-0.1, -0.05) is 42.5 Å². The van der Waals surface area contributed by atoms with Gasteiger partial charge in [-0.3, -0.25) is 9.59 Å². The summed E-state index contributed by atoms with van der Waals surface area (Å²) in [4.78, 5) is 31.2. The predicted octanol–water partition coefficient (Wildman–Crippen LogP) is 4.89. The lowest BCUT2D eigenvalue weighted by Gasteiger charge is -2.37. The average Bonchev–Trinajstić information content (AvgIpc) is 3.32. The standard InChI is InChI=1S/C27H28N2O3S/c1-3-15-28(27(31)21-10-5-4-6-11-21)18-26(30)29-16-13-25-22(14-17-33-25)23(29)19-32-24-12-8-7-9-20(24)2/h3-12,14,17,23H,1,13,15-16,18-19H2,2H3. The summed E-state index contributed by atoms with van der Waals surface area (Å²) in [5.74, 6) is 0.556. The van der Waals surface area contributed by atoms with Gasteiger partial charge in [0.25, 0.3) is 5.91 Å². The number of hydrogen-bond acceptors (Lipinski definition) is 4. The molecule has 5 nitrogen and oxygen atoms in total. The first kappa shape index (κ1) is 22.8. The summed E-state index contributed by atoms with van der Waals surface area (Å²) in [6.07, 6.45) is 2.47. The van der Waals surface area contributed by atoms with E-state index in [0.29, 0.717) is 25.3 Å². The lowest BCUT2D eigenvalue weighted by Crippen LogP contribution is -2.47. The highest BCUT2D eigenvalue weighted by Crippen LogP contribution is 2.34. The number of thiophene rings is 1. The molecule has 0 saturated carbocycles. The Labute approximate surface area is 198 Å². The number of amides is 2. The fraction of sp³-hybridized carbons (Fsp3) is 0.259. The van der Waals surface area contributed by atoms with Crippen molar-refractivity contribution in [2.45, 2.75) is 19.4 Å². The van der Waals surface area contributed by atoms with Crippen LogP contribution in [0, 0.1) is 6.92 Å². The van der Waals surface area contributed by atoms with Crippen LogP contribution in [0.2, 0.25) is 0 Å². The third kappa shape index (κ3) is 5.17. The summed E-state index contributed by atoms with van der Waals surface area (Å²) in [6.45, 7) is 7.06. The van der Waals surface area contributed by atoms with E-state index < -0.39 is 0 Å². The van der Waals surface area contributed by atoms with Crippen LogP contribution in [0.3, 0.4) is 0 Å². The molecule has 3 aromatic rings. The van der Waals surface area contributed by atoms with Crippen LogP contribution in [-0.4, -0.2) is 47.9 Å². The Bertz CT molecular complexity index is 1130. The SMILES string of the molecule is C=CCN(CC(=O)N1CCc2sccc2C1COc1ccccc1C)C(=O)c1ccccc1. The van der Waals surface area contributed by atoms with Gasteiger partial charge in [0.2, 0.25) is 5.91 Å². The number of para-hydroxylation sites is 1.